The van der Waals surface area contributed by atoms with Crippen LogP contribution < -0.4 is 16.0 Å². The van der Waals surface area contributed by atoms with E-state index in [4.69, 9.17) is 24.7 Å². The van der Waals surface area contributed by atoms with Gasteiger partial charge in [0.05, 0.1) is 27.0 Å². The van der Waals surface area contributed by atoms with Crippen molar-refractivity contribution in [2.45, 2.75) is 25.3 Å². The summed E-state index contributed by atoms with van der Waals surface area (Å²) in [6.45, 7) is 3.82. The average Bonchev–Trinajstić information content (AvgIpc) is 2.82. The summed E-state index contributed by atoms with van der Waals surface area (Å²) in [5.74, 6) is -0.726. The average molecular weight is 490 g/mol. The molecule has 2 atom stereocenters. The molecule has 2 aromatic rings. The van der Waals surface area contributed by atoms with Crippen molar-refractivity contribution in [2.24, 2.45) is 5.73 Å². The second-order valence-corrected chi connectivity index (χ2v) is 7.08. The number of aromatic nitrogens is 1. The topological polar surface area (TPSA) is 113 Å². The Hall–Kier alpha value is -2.96. The van der Waals surface area contributed by atoms with Crippen LogP contribution in [0.1, 0.15) is 23.0 Å². The van der Waals surface area contributed by atoms with Crippen molar-refractivity contribution < 1.29 is 41.3 Å². The third-order valence-corrected chi connectivity index (χ3v) is 4.69. The van der Waals surface area contributed by atoms with Crippen molar-refractivity contribution in [1.29, 1.82) is 0 Å². The highest BCUT2D eigenvalue weighted by Crippen LogP contribution is 2.35. The smallest absolute Gasteiger partial charge is 0.431 e. The number of carbonyl (C=O) groups is 1. The van der Waals surface area contributed by atoms with Gasteiger partial charge in [0.1, 0.15) is 35.8 Å². The summed E-state index contributed by atoms with van der Waals surface area (Å²) in [5.41, 5.74) is 1.81. The van der Waals surface area contributed by atoms with E-state index in [1.165, 1.54) is 24.3 Å². The molecule has 0 spiro atoms. The fourth-order valence-corrected chi connectivity index (χ4v) is 3.19. The van der Waals surface area contributed by atoms with E-state index in [0.29, 0.717) is 39.4 Å². The third-order valence-electron chi connectivity index (χ3n) is 4.69. The molecule has 188 valence electrons. The van der Waals surface area contributed by atoms with Crippen LogP contribution in [0.25, 0.3) is 11.1 Å². The van der Waals surface area contributed by atoms with E-state index in [2.05, 4.69) is 0 Å². The lowest BCUT2D eigenvalue weighted by Crippen LogP contribution is -2.41. The molecule has 1 fully saturated rings. The van der Waals surface area contributed by atoms with Crippen LogP contribution in [0.15, 0.2) is 35.1 Å². The summed E-state index contributed by atoms with van der Waals surface area (Å²) in [6, 6.07) is 6.57. The Morgan fingerprint density at radius 1 is 1.15 bits per heavy atom. The summed E-state index contributed by atoms with van der Waals surface area (Å²) in [7, 11) is 0.500. The monoisotopic (exact) mass is 490 g/mol. The molecule has 0 radical (unpaired) electrons. The Bertz CT molecular complexity index is 994. The molecular weight excluding hydrogens is 464 g/mol. The van der Waals surface area contributed by atoms with E-state index in [-0.39, 0.29) is 29.9 Å². The molecule has 0 saturated carbocycles. The van der Waals surface area contributed by atoms with E-state index < -0.39 is 28.9 Å². The maximum absolute atomic E-state index is 13.4. The van der Waals surface area contributed by atoms with Gasteiger partial charge in [0.15, 0.2) is 0 Å². The van der Waals surface area contributed by atoms with Gasteiger partial charge in [-0.2, -0.15) is 13.2 Å². The molecule has 1 saturated heterocycles. The van der Waals surface area contributed by atoms with E-state index in [0.717, 1.165) is 6.07 Å². The predicted octanol–water partition coefficient (Wildman–Crippen LogP) is 2.94. The van der Waals surface area contributed by atoms with Crippen molar-refractivity contribution in [1.82, 2.24) is 4.98 Å². The summed E-state index contributed by atoms with van der Waals surface area (Å²) in [6.07, 6.45) is -5.35. The van der Waals surface area contributed by atoms with Gasteiger partial charge in [-0.1, -0.05) is 12.1 Å². The first-order valence-corrected chi connectivity index (χ1v) is 10.2. The van der Waals surface area contributed by atoms with Gasteiger partial charge in [-0.05, 0) is 30.7 Å². The van der Waals surface area contributed by atoms with Crippen LogP contribution in [-0.2, 0) is 20.4 Å². The first-order valence-electron chi connectivity index (χ1n) is 10.2. The molecule has 2 heterocycles. The Morgan fingerprint density at radius 2 is 1.76 bits per heavy atom. The van der Waals surface area contributed by atoms with Crippen molar-refractivity contribution in [2.75, 3.05) is 40.2 Å². The minimum Gasteiger partial charge on any atom is -0.491 e. The number of benzene rings is 1. The van der Waals surface area contributed by atoms with E-state index in [1.54, 1.807) is 4.98 Å². The lowest BCUT2D eigenvalue weighted by Gasteiger charge is -2.29. The number of primary amides is 1. The van der Waals surface area contributed by atoms with Crippen molar-refractivity contribution >= 4 is 5.91 Å². The van der Waals surface area contributed by atoms with Gasteiger partial charge < -0.3 is 29.7 Å². The van der Waals surface area contributed by atoms with Crippen LogP contribution >= 0.6 is 0 Å². The molecule has 0 aliphatic carbocycles. The number of ether oxygens (including phenoxy) is 4. The fraction of sp³-hybridized carbons (Fsp3) is 0.455. The number of alkyl halides is 4. The van der Waals surface area contributed by atoms with E-state index in [1.807, 2.05) is 6.92 Å². The van der Waals surface area contributed by atoms with Crippen molar-refractivity contribution in [3.63, 3.8) is 0 Å². The number of nitrogens with one attached hydrogen (secondary N) is 1. The zero-order valence-electron chi connectivity index (χ0n) is 18.6. The Morgan fingerprint density at radius 3 is 2.32 bits per heavy atom. The van der Waals surface area contributed by atoms with Crippen LogP contribution in [0.4, 0.5) is 17.6 Å². The van der Waals surface area contributed by atoms with E-state index in [9.17, 15) is 27.2 Å². The normalized spacial score (nSPS) is 18.1. The SMILES string of the molecule is CCOCC1COCC(COc2ccc(-c3cc(C(N)=O)c(=O)[nH]c3C(F)(F)F)cc2)O1.CF. The molecule has 8 nitrogen and oxygen atoms in total. The molecule has 1 amide bonds. The maximum Gasteiger partial charge on any atom is 0.431 e. The second-order valence-electron chi connectivity index (χ2n) is 7.08. The van der Waals surface area contributed by atoms with Gasteiger partial charge in [-0.15, -0.1) is 0 Å². The Labute approximate surface area is 193 Å². The highest BCUT2D eigenvalue weighted by atomic mass is 19.4. The largest absolute Gasteiger partial charge is 0.491 e. The minimum atomic E-state index is -4.84. The standard InChI is InChI=1S/C21H23F3N2O6.CH3F/c1-2-29-8-14-9-30-10-15(32-14)11-31-13-5-3-12(4-6-13)16-7-17(19(25)27)20(28)26-18(16)21(22,23)24;1-2/h3-7,14-15H,2,8-11H2,1H3,(H2,25,27)(H,26,28);1H3. The number of halogens is 4. The third kappa shape index (κ3) is 7.27. The number of hydrogen-bond acceptors (Lipinski definition) is 6. The van der Waals surface area contributed by atoms with E-state index >= 15 is 0 Å². The molecule has 1 aromatic carbocycles. The molecule has 3 rings (SSSR count). The van der Waals surface area contributed by atoms with Gasteiger partial charge in [0, 0.05) is 12.2 Å². The molecule has 1 aliphatic rings. The number of hydrogen-bond donors (Lipinski definition) is 2. The molecule has 34 heavy (non-hydrogen) atoms. The summed E-state index contributed by atoms with van der Waals surface area (Å²) < 4.78 is 72.1. The highest BCUT2D eigenvalue weighted by Gasteiger charge is 2.36. The molecule has 0 bridgehead atoms. The number of H-pyrrole nitrogens is 1. The van der Waals surface area contributed by atoms with Gasteiger partial charge in [-0.3, -0.25) is 14.0 Å². The lowest BCUT2D eigenvalue weighted by atomic mass is 10.0. The molecular formula is C22H26F4N2O6. The second kappa shape index (κ2) is 12.5. The number of aromatic amines is 1. The molecule has 2 unspecified atom stereocenters. The van der Waals surface area contributed by atoms with Gasteiger partial charge >= 0.3 is 6.18 Å². The molecule has 1 aromatic heterocycles. The van der Waals surface area contributed by atoms with Gasteiger partial charge in [0.25, 0.3) is 11.5 Å². The minimum absolute atomic E-state index is 0.123. The number of rotatable bonds is 8. The fourth-order valence-electron chi connectivity index (χ4n) is 3.19. The lowest BCUT2D eigenvalue weighted by molar-refractivity contribution is -0.164. The van der Waals surface area contributed by atoms with Gasteiger partial charge in [-0.25, -0.2) is 0 Å². The maximum atomic E-state index is 13.4. The number of amides is 1. The summed E-state index contributed by atoms with van der Waals surface area (Å²) in [4.78, 5) is 24.9. The van der Waals surface area contributed by atoms with Crippen LogP contribution in [0.5, 0.6) is 5.75 Å². The first kappa shape index (κ1) is 27.3. The summed E-state index contributed by atoms with van der Waals surface area (Å²) >= 11 is 0. The predicted molar refractivity (Wildman–Crippen MR) is 115 cm³/mol. The Balaban J connectivity index is 0.00000199. The van der Waals surface area contributed by atoms with Crippen LogP contribution in [0, 0.1) is 0 Å². The van der Waals surface area contributed by atoms with Crippen LogP contribution in [-0.4, -0.2) is 63.3 Å². The van der Waals surface area contributed by atoms with Crippen molar-refractivity contribution in [3.8, 4) is 16.9 Å². The quantitative estimate of drug-likeness (QED) is 0.551. The Kier molecular flexibility index (Phi) is 10.0. The number of pyridine rings is 1. The zero-order chi connectivity index (χ0) is 25.3. The first-order chi connectivity index (χ1) is 16.2. The number of carbonyl (C=O) groups excluding carboxylic acids is 1. The molecule has 3 N–H and O–H groups in total. The molecule has 12 heteroatoms. The highest BCUT2D eigenvalue weighted by molar-refractivity contribution is 5.94. The van der Waals surface area contributed by atoms with Crippen LogP contribution in [0.3, 0.4) is 0 Å². The summed E-state index contributed by atoms with van der Waals surface area (Å²) in [5, 5.41) is 0. The zero-order valence-corrected chi connectivity index (χ0v) is 18.6. The van der Waals surface area contributed by atoms with Crippen LogP contribution in [0.2, 0.25) is 0 Å². The van der Waals surface area contributed by atoms with Crippen molar-refractivity contribution in [3.05, 3.63) is 51.9 Å². The van der Waals surface area contributed by atoms with Gasteiger partial charge in [0.2, 0.25) is 0 Å². The molecule has 1 aliphatic heterocycles. The number of nitrogens with two attached hydrogens (primary N) is 1.